The van der Waals surface area contributed by atoms with E-state index in [2.05, 4.69) is 0 Å². The van der Waals surface area contributed by atoms with Gasteiger partial charge in [0.25, 0.3) is 5.91 Å². The van der Waals surface area contributed by atoms with Crippen molar-refractivity contribution in [2.45, 2.75) is 19.8 Å². The van der Waals surface area contributed by atoms with Crippen molar-refractivity contribution in [2.24, 2.45) is 5.92 Å². The molecule has 0 spiro atoms. The van der Waals surface area contributed by atoms with Crippen molar-refractivity contribution >= 4 is 29.4 Å². The zero-order valence-electron chi connectivity index (χ0n) is 14.6. The maximum absolute atomic E-state index is 12.1. The van der Waals surface area contributed by atoms with Gasteiger partial charge in [-0.15, -0.1) is 0 Å². The molecule has 26 heavy (non-hydrogen) atoms. The number of carbonyl (C=O) groups is 3. The average molecular weight is 384 g/mol. The van der Waals surface area contributed by atoms with E-state index >= 15 is 0 Å². The lowest BCUT2D eigenvalue weighted by molar-refractivity contribution is -0.155. The second-order valence-corrected chi connectivity index (χ2v) is 6.19. The second kappa shape index (κ2) is 10.0. The molecular weight excluding hydrogens is 362 g/mol. The summed E-state index contributed by atoms with van der Waals surface area (Å²) >= 11 is 5.92. The predicted octanol–water partition coefficient (Wildman–Crippen LogP) is 2.06. The van der Waals surface area contributed by atoms with Gasteiger partial charge in [-0.05, 0) is 31.9 Å². The van der Waals surface area contributed by atoms with Crippen molar-refractivity contribution in [1.29, 1.82) is 0 Å². The molecule has 1 aliphatic heterocycles. The second-order valence-electron chi connectivity index (χ2n) is 5.79. The molecule has 0 aromatic heterocycles. The van der Waals surface area contributed by atoms with Gasteiger partial charge < -0.3 is 19.1 Å². The standard InChI is InChI=1S/C18H22ClNO6/c1-2-24-18(23)13-7-9-20(10-8-13)16(21)11-26-17(22)12-25-15-6-4-3-5-14(15)19/h3-6,13H,2,7-12H2,1H3. The molecule has 0 unspecified atom stereocenters. The molecule has 0 atom stereocenters. The van der Waals surface area contributed by atoms with Gasteiger partial charge in [0.15, 0.2) is 13.2 Å². The number of rotatable bonds is 7. The Hall–Kier alpha value is -2.28. The van der Waals surface area contributed by atoms with E-state index in [4.69, 9.17) is 25.8 Å². The summed E-state index contributed by atoms with van der Waals surface area (Å²) in [4.78, 5) is 37.1. The van der Waals surface area contributed by atoms with Crippen LogP contribution in [0.4, 0.5) is 0 Å². The van der Waals surface area contributed by atoms with Gasteiger partial charge in [-0.3, -0.25) is 9.59 Å². The first-order chi connectivity index (χ1) is 12.5. The number of benzene rings is 1. The maximum Gasteiger partial charge on any atom is 0.344 e. The van der Waals surface area contributed by atoms with E-state index in [1.807, 2.05) is 0 Å². The topological polar surface area (TPSA) is 82.1 Å². The Bertz CT molecular complexity index is 642. The largest absolute Gasteiger partial charge is 0.480 e. The van der Waals surface area contributed by atoms with Gasteiger partial charge in [-0.2, -0.15) is 0 Å². The molecule has 142 valence electrons. The van der Waals surface area contributed by atoms with Gasteiger partial charge in [-0.25, -0.2) is 4.79 Å². The van der Waals surface area contributed by atoms with E-state index in [1.54, 1.807) is 36.1 Å². The minimum absolute atomic E-state index is 0.175. The molecular formula is C18H22ClNO6. The Morgan fingerprint density at radius 2 is 1.81 bits per heavy atom. The van der Waals surface area contributed by atoms with Gasteiger partial charge >= 0.3 is 11.9 Å². The molecule has 8 heteroatoms. The van der Waals surface area contributed by atoms with Crippen LogP contribution in [0.2, 0.25) is 5.02 Å². The van der Waals surface area contributed by atoms with Crippen molar-refractivity contribution in [1.82, 2.24) is 4.90 Å². The number of piperidine rings is 1. The monoisotopic (exact) mass is 383 g/mol. The van der Waals surface area contributed by atoms with E-state index in [9.17, 15) is 14.4 Å². The van der Waals surface area contributed by atoms with Gasteiger partial charge in [0.1, 0.15) is 5.75 Å². The van der Waals surface area contributed by atoms with Crippen LogP contribution in [-0.2, 0) is 23.9 Å². The number of halogens is 1. The molecule has 0 aliphatic carbocycles. The van der Waals surface area contributed by atoms with E-state index in [-0.39, 0.29) is 31.0 Å². The van der Waals surface area contributed by atoms with Crippen molar-refractivity contribution in [2.75, 3.05) is 32.9 Å². The molecule has 1 aromatic carbocycles. The molecule has 0 saturated carbocycles. The van der Waals surface area contributed by atoms with Crippen LogP contribution in [0.25, 0.3) is 0 Å². The van der Waals surface area contributed by atoms with Crippen LogP contribution >= 0.6 is 11.6 Å². The Morgan fingerprint density at radius 3 is 2.46 bits per heavy atom. The van der Waals surface area contributed by atoms with Crippen molar-refractivity contribution in [3.05, 3.63) is 29.3 Å². The first kappa shape index (κ1) is 20.0. The Morgan fingerprint density at radius 1 is 1.12 bits per heavy atom. The zero-order valence-corrected chi connectivity index (χ0v) is 15.4. The Balaban J connectivity index is 1.68. The summed E-state index contributed by atoms with van der Waals surface area (Å²) in [5.74, 6) is -0.968. The number of nitrogens with zero attached hydrogens (tertiary/aromatic N) is 1. The summed E-state index contributed by atoms with van der Waals surface area (Å²) in [6.45, 7) is 2.31. The fourth-order valence-corrected chi connectivity index (χ4v) is 2.79. The van der Waals surface area contributed by atoms with E-state index in [0.717, 1.165) is 0 Å². The van der Waals surface area contributed by atoms with E-state index in [0.29, 0.717) is 43.3 Å². The van der Waals surface area contributed by atoms with Gasteiger partial charge in [0.05, 0.1) is 17.5 Å². The molecule has 1 amide bonds. The van der Waals surface area contributed by atoms with Crippen LogP contribution in [0.15, 0.2) is 24.3 Å². The summed E-state index contributed by atoms with van der Waals surface area (Å²) in [6, 6.07) is 6.76. The Kier molecular flexibility index (Phi) is 7.72. The number of para-hydroxylation sites is 1. The maximum atomic E-state index is 12.1. The summed E-state index contributed by atoms with van der Waals surface area (Å²) in [7, 11) is 0. The highest BCUT2D eigenvalue weighted by Gasteiger charge is 2.28. The number of esters is 2. The van der Waals surface area contributed by atoms with Gasteiger partial charge in [0.2, 0.25) is 0 Å². The number of ether oxygens (including phenoxy) is 3. The third-order valence-electron chi connectivity index (χ3n) is 4.01. The number of amides is 1. The summed E-state index contributed by atoms with van der Waals surface area (Å²) in [5, 5.41) is 0.390. The summed E-state index contributed by atoms with van der Waals surface area (Å²) in [5.41, 5.74) is 0. The SMILES string of the molecule is CCOC(=O)C1CCN(C(=O)COC(=O)COc2ccccc2Cl)CC1. The summed E-state index contributed by atoms with van der Waals surface area (Å²) in [6.07, 6.45) is 1.10. The average Bonchev–Trinajstić information content (AvgIpc) is 2.65. The predicted molar refractivity (Wildman–Crippen MR) is 93.8 cm³/mol. The fraction of sp³-hybridized carbons (Fsp3) is 0.500. The number of hydrogen-bond donors (Lipinski definition) is 0. The number of carbonyl (C=O) groups excluding carboxylic acids is 3. The highest BCUT2D eigenvalue weighted by molar-refractivity contribution is 6.32. The third-order valence-corrected chi connectivity index (χ3v) is 4.32. The minimum Gasteiger partial charge on any atom is -0.480 e. The normalized spacial score (nSPS) is 14.6. The molecule has 1 aliphatic rings. The van der Waals surface area contributed by atoms with Crippen LogP contribution in [0.5, 0.6) is 5.75 Å². The smallest absolute Gasteiger partial charge is 0.344 e. The lowest BCUT2D eigenvalue weighted by Gasteiger charge is -2.30. The molecule has 0 radical (unpaired) electrons. The van der Waals surface area contributed by atoms with Crippen molar-refractivity contribution in [3.8, 4) is 5.75 Å². The highest BCUT2D eigenvalue weighted by atomic mass is 35.5. The van der Waals surface area contributed by atoms with Crippen LogP contribution in [0.1, 0.15) is 19.8 Å². The third kappa shape index (κ3) is 5.91. The summed E-state index contributed by atoms with van der Waals surface area (Å²) < 4.78 is 15.2. The van der Waals surface area contributed by atoms with Gasteiger partial charge in [0, 0.05) is 13.1 Å². The molecule has 7 nitrogen and oxygen atoms in total. The molecule has 1 aromatic rings. The van der Waals surface area contributed by atoms with Crippen LogP contribution in [0.3, 0.4) is 0 Å². The van der Waals surface area contributed by atoms with Crippen molar-refractivity contribution < 1.29 is 28.6 Å². The quantitative estimate of drug-likeness (QED) is 0.670. The first-order valence-electron chi connectivity index (χ1n) is 8.48. The molecule has 0 N–H and O–H groups in total. The molecule has 0 bridgehead atoms. The molecule has 1 fully saturated rings. The van der Waals surface area contributed by atoms with Gasteiger partial charge in [-0.1, -0.05) is 23.7 Å². The van der Waals surface area contributed by atoms with Crippen LogP contribution in [-0.4, -0.2) is 55.7 Å². The molecule has 2 rings (SSSR count). The Labute approximate surface area is 157 Å². The number of hydrogen-bond acceptors (Lipinski definition) is 6. The van der Waals surface area contributed by atoms with E-state index < -0.39 is 5.97 Å². The van der Waals surface area contributed by atoms with E-state index in [1.165, 1.54) is 0 Å². The molecule has 1 heterocycles. The first-order valence-corrected chi connectivity index (χ1v) is 8.86. The van der Waals surface area contributed by atoms with Crippen LogP contribution < -0.4 is 4.74 Å². The zero-order chi connectivity index (χ0) is 18.9. The van der Waals surface area contributed by atoms with Crippen molar-refractivity contribution in [3.63, 3.8) is 0 Å². The lowest BCUT2D eigenvalue weighted by atomic mass is 9.97. The highest BCUT2D eigenvalue weighted by Crippen LogP contribution is 2.23. The molecule has 1 saturated heterocycles. The van der Waals surface area contributed by atoms with Crippen LogP contribution in [0, 0.1) is 5.92 Å². The minimum atomic E-state index is -0.653. The lowest BCUT2D eigenvalue weighted by Crippen LogP contribution is -2.42. The fourth-order valence-electron chi connectivity index (χ4n) is 2.60. The number of likely N-dealkylation sites (tertiary alicyclic amines) is 1.